The molecule has 0 aromatic heterocycles. The van der Waals surface area contributed by atoms with Gasteiger partial charge < -0.3 is 16.2 Å². The van der Waals surface area contributed by atoms with E-state index in [9.17, 15) is 13.6 Å². The highest BCUT2D eigenvalue weighted by Crippen LogP contribution is 2.22. The number of rotatable bonds is 5. The Balaban J connectivity index is 2.06. The SMILES string of the molecule is Nc1cc(F)c(NCCc2cccc(F)c2)cc1C(=O)O. The standard InChI is InChI=1S/C15H14F2N2O2/c16-10-3-1-2-9(6-10)4-5-19-14-7-11(15(20)21)13(18)8-12(14)17/h1-3,6-8,19H,4-5,18H2,(H,20,21). The van der Waals surface area contributed by atoms with Crippen molar-refractivity contribution in [1.29, 1.82) is 0 Å². The Kier molecular flexibility index (Phi) is 4.37. The minimum atomic E-state index is -1.22. The maximum Gasteiger partial charge on any atom is 0.337 e. The smallest absolute Gasteiger partial charge is 0.337 e. The summed E-state index contributed by atoms with van der Waals surface area (Å²) in [5.41, 5.74) is 5.96. The zero-order valence-electron chi connectivity index (χ0n) is 11.1. The van der Waals surface area contributed by atoms with Crippen molar-refractivity contribution in [2.75, 3.05) is 17.6 Å². The molecule has 0 amide bonds. The van der Waals surface area contributed by atoms with Crippen LogP contribution in [0.25, 0.3) is 0 Å². The van der Waals surface area contributed by atoms with Crippen LogP contribution in [0.3, 0.4) is 0 Å². The van der Waals surface area contributed by atoms with E-state index in [4.69, 9.17) is 10.8 Å². The molecular formula is C15H14F2N2O2. The van der Waals surface area contributed by atoms with Gasteiger partial charge in [-0.05, 0) is 36.2 Å². The first kappa shape index (κ1) is 14.8. The summed E-state index contributed by atoms with van der Waals surface area (Å²) in [5, 5.41) is 11.7. The molecule has 2 aromatic rings. The second-order valence-corrected chi connectivity index (χ2v) is 4.53. The lowest BCUT2D eigenvalue weighted by Crippen LogP contribution is -2.10. The van der Waals surface area contributed by atoms with Crippen LogP contribution in [0.1, 0.15) is 15.9 Å². The molecule has 21 heavy (non-hydrogen) atoms. The zero-order valence-corrected chi connectivity index (χ0v) is 11.1. The summed E-state index contributed by atoms with van der Waals surface area (Å²) >= 11 is 0. The molecule has 0 saturated heterocycles. The number of anilines is 2. The van der Waals surface area contributed by atoms with Crippen LogP contribution in [0.4, 0.5) is 20.2 Å². The lowest BCUT2D eigenvalue weighted by Gasteiger charge is -2.10. The Hall–Kier alpha value is -2.63. The van der Waals surface area contributed by atoms with Gasteiger partial charge in [-0.3, -0.25) is 0 Å². The summed E-state index contributed by atoms with van der Waals surface area (Å²) in [6.07, 6.45) is 0.476. The molecular weight excluding hydrogens is 278 g/mol. The van der Waals surface area contributed by atoms with Crippen molar-refractivity contribution in [1.82, 2.24) is 0 Å². The maximum absolute atomic E-state index is 13.7. The van der Waals surface area contributed by atoms with Crippen molar-refractivity contribution in [2.24, 2.45) is 0 Å². The van der Waals surface area contributed by atoms with E-state index in [1.807, 2.05) is 0 Å². The first-order chi connectivity index (χ1) is 9.97. The molecule has 0 unspecified atom stereocenters. The number of benzene rings is 2. The van der Waals surface area contributed by atoms with Gasteiger partial charge in [0.2, 0.25) is 0 Å². The Morgan fingerprint density at radius 2 is 2.00 bits per heavy atom. The Morgan fingerprint density at radius 1 is 1.24 bits per heavy atom. The molecule has 4 nitrogen and oxygen atoms in total. The van der Waals surface area contributed by atoms with Crippen LogP contribution in [-0.4, -0.2) is 17.6 Å². The lowest BCUT2D eigenvalue weighted by atomic mass is 10.1. The quantitative estimate of drug-likeness (QED) is 0.741. The van der Waals surface area contributed by atoms with Gasteiger partial charge in [-0.15, -0.1) is 0 Å². The largest absolute Gasteiger partial charge is 0.478 e. The topological polar surface area (TPSA) is 75.3 Å². The fourth-order valence-electron chi connectivity index (χ4n) is 1.94. The molecule has 0 saturated carbocycles. The van der Waals surface area contributed by atoms with E-state index < -0.39 is 11.8 Å². The highest BCUT2D eigenvalue weighted by molar-refractivity contribution is 5.94. The van der Waals surface area contributed by atoms with Crippen LogP contribution in [-0.2, 0) is 6.42 Å². The van der Waals surface area contributed by atoms with Gasteiger partial charge in [0.25, 0.3) is 0 Å². The highest BCUT2D eigenvalue weighted by atomic mass is 19.1. The minimum Gasteiger partial charge on any atom is -0.478 e. The van der Waals surface area contributed by atoms with Crippen molar-refractivity contribution in [3.05, 3.63) is 59.2 Å². The van der Waals surface area contributed by atoms with Crippen LogP contribution >= 0.6 is 0 Å². The average molecular weight is 292 g/mol. The number of hydrogen-bond donors (Lipinski definition) is 3. The van der Waals surface area contributed by atoms with Crippen molar-refractivity contribution in [2.45, 2.75) is 6.42 Å². The fraction of sp³-hybridized carbons (Fsp3) is 0.133. The number of hydrogen-bond acceptors (Lipinski definition) is 3. The molecule has 0 radical (unpaired) electrons. The third-order valence-electron chi connectivity index (χ3n) is 2.99. The second kappa shape index (κ2) is 6.21. The number of nitrogens with two attached hydrogens (primary N) is 1. The van der Waals surface area contributed by atoms with Crippen molar-refractivity contribution < 1.29 is 18.7 Å². The number of halogens is 2. The fourth-order valence-corrected chi connectivity index (χ4v) is 1.94. The molecule has 0 fully saturated rings. The Labute approximate surface area is 120 Å². The van der Waals surface area contributed by atoms with Gasteiger partial charge in [-0.2, -0.15) is 0 Å². The van der Waals surface area contributed by atoms with E-state index in [1.54, 1.807) is 12.1 Å². The number of carboxylic acid groups (broad SMARTS) is 1. The van der Waals surface area contributed by atoms with Gasteiger partial charge in [0.1, 0.15) is 11.6 Å². The van der Waals surface area contributed by atoms with E-state index in [2.05, 4.69) is 5.32 Å². The van der Waals surface area contributed by atoms with Crippen LogP contribution in [0.15, 0.2) is 36.4 Å². The number of carbonyl (C=O) groups is 1. The number of nitrogens with one attached hydrogen (secondary N) is 1. The van der Waals surface area contributed by atoms with Crippen LogP contribution in [0.5, 0.6) is 0 Å². The normalized spacial score (nSPS) is 10.4. The Morgan fingerprint density at radius 3 is 2.67 bits per heavy atom. The monoisotopic (exact) mass is 292 g/mol. The Bertz CT molecular complexity index is 675. The molecule has 2 aromatic carbocycles. The highest BCUT2D eigenvalue weighted by Gasteiger charge is 2.12. The van der Waals surface area contributed by atoms with Crippen LogP contribution < -0.4 is 11.1 Å². The van der Waals surface area contributed by atoms with E-state index in [0.29, 0.717) is 13.0 Å². The first-order valence-electron chi connectivity index (χ1n) is 6.28. The maximum atomic E-state index is 13.7. The molecule has 2 rings (SSSR count). The molecule has 0 heterocycles. The molecule has 0 bridgehead atoms. The van der Waals surface area contributed by atoms with Gasteiger partial charge in [-0.1, -0.05) is 12.1 Å². The zero-order chi connectivity index (χ0) is 15.4. The van der Waals surface area contributed by atoms with Gasteiger partial charge >= 0.3 is 5.97 Å². The van der Waals surface area contributed by atoms with Gasteiger partial charge in [0, 0.05) is 12.2 Å². The number of nitrogen functional groups attached to an aromatic ring is 1. The molecule has 0 aliphatic carbocycles. The third kappa shape index (κ3) is 3.68. The minimum absolute atomic E-state index is 0.0537. The summed E-state index contributed by atoms with van der Waals surface area (Å²) in [6.45, 7) is 0.337. The van der Waals surface area contributed by atoms with E-state index >= 15 is 0 Å². The van der Waals surface area contributed by atoms with Crippen molar-refractivity contribution >= 4 is 17.3 Å². The van der Waals surface area contributed by atoms with Gasteiger partial charge in [-0.25, -0.2) is 13.6 Å². The van der Waals surface area contributed by atoms with E-state index in [0.717, 1.165) is 17.7 Å². The molecule has 0 aliphatic heterocycles. The third-order valence-corrected chi connectivity index (χ3v) is 2.99. The molecule has 0 aliphatic rings. The second-order valence-electron chi connectivity index (χ2n) is 4.53. The van der Waals surface area contributed by atoms with Crippen molar-refractivity contribution in [3.8, 4) is 0 Å². The van der Waals surface area contributed by atoms with E-state index in [-0.39, 0.29) is 22.8 Å². The molecule has 0 spiro atoms. The van der Waals surface area contributed by atoms with Crippen LogP contribution in [0, 0.1) is 11.6 Å². The van der Waals surface area contributed by atoms with Gasteiger partial charge in [0.05, 0.1) is 11.3 Å². The first-order valence-corrected chi connectivity index (χ1v) is 6.28. The summed E-state index contributed by atoms with van der Waals surface area (Å²) < 4.78 is 26.7. The van der Waals surface area contributed by atoms with Crippen LogP contribution in [0.2, 0.25) is 0 Å². The summed E-state index contributed by atoms with van der Waals surface area (Å²) in [7, 11) is 0. The van der Waals surface area contributed by atoms with E-state index in [1.165, 1.54) is 12.1 Å². The van der Waals surface area contributed by atoms with Gasteiger partial charge in [0.15, 0.2) is 0 Å². The summed E-state index contributed by atoms with van der Waals surface area (Å²) in [4.78, 5) is 10.9. The molecule has 0 atom stereocenters. The van der Waals surface area contributed by atoms with Crippen molar-refractivity contribution in [3.63, 3.8) is 0 Å². The molecule has 6 heteroatoms. The average Bonchev–Trinajstić information content (AvgIpc) is 2.41. The summed E-state index contributed by atoms with van der Waals surface area (Å²) in [5.74, 6) is -2.18. The summed E-state index contributed by atoms with van der Waals surface area (Å²) in [6, 6.07) is 8.20. The lowest BCUT2D eigenvalue weighted by molar-refractivity contribution is 0.0698. The number of carboxylic acids is 1. The number of aromatic carboxylic acids is 1. The predicted molar refractivity (Wildman–Crippen MR) is 76.4 cm³/mol. The molecule has 110 valence electrons. The predicted octanol–water partition coefficient (Wildman–Crippen LogP) is 2.90. The molecule has 4 N–H and O–H groups in total.